The van der Waals surface area contributed by atoms with Crippen molar-refractivity contribution in [2.75, 3.05) is 11.9 Å². The molecule has 20 heavy (non-hydrogen) atoms. The minimum Gasteiger partial charge on any atom is -0.465 e. The summed E-state index contributed by atoms with van der Waals surface area (Å²) >= 11 is 5.99. The monoisotopic (exact) mass is 293 g/mol. The number of amides is 1. The second kappa shape index (κ2) is 5.70. The van der Waals surface area contributed by atoms with E-state index >= 15 is 0 Å². The van der Waals surface area contributed by atoms with Crippen molar-refractivity contribution >= 4 is 23.4 Å². The number of benzene rings is 1. The Balaban J connectivity index is 2.24. The SMILES string of the molecule is CC1(N(CC#N)Cc2cc(Cl)ccc2NC(=O)O)CC1. The fourth-order valence-corrected chi connectivity index (χ4v) is 2.35. The predicted molar refractivity (Wildman–Crippen MR) is 76.8 cm³/mol. The first-order valence-electron chi connectivity index (χ1n) is 6.35. The fourth-order valence-electron chi connectivity index (χ4n) is 2.16. The zero-order valence-corrected chi connectivity index (χ0v) is 11.9. The molecule has 0 atom stereocenters. The first kappa shape index (κ1) is 14.6. The van der Waals surface area contributed by atoms with Gasteiger partial charge in [0.1, 0.15) is 0 Å². The number of halogens is 1. The van der Waals surface area contributed by atoms with Crippen LogP contribution in [0.5, 0.6) is 0 Å². The van der Waals surface area contributed by atoms with E-state index in [1.807, 2.05) is 0 Å². The minimum atomic E-state index is -1.11. The smallest absolute Gasteiger partial charge is 0.409 e. The molecular weight excluding hydrogens is 278 g/mol. The van der Waals surface area contributed by atoms with Gasteiger partial charge in [0.05, 0.1) is 12.6 Å². The standard InChI is InChI=1S/C14H16ClN3O2/c1-14(4-5-14)18(7-6-16)9-10-8-11(15)2-3-12(10)17-13(19)20/h2-3,8,17H,4-5,7,9H2,1H3,(H,19,20). The molecule has 1 fully saturated rings. The Morgan fingerprint density at radius 3 is 2.85 bits per heavy atom. The van der Waals surface area contributed by atoms with Gasteiger partial charge < -0.3 is 5.11 Å². The third-order valence-electron chi connectivity index (χ3n) is 3.67. The lowest BCUT2D eigenvalue weighted by molar-refractivity contribution is 0.205. The molecule has 1 aliphatic carbocycles. The van der Waals surface area contributed by atoms with E-state index in [1.165, 1.54) is 0 Å². The van der Waals surface area contributed by atoms with Crippen molar-refractivity contribution in [2.45, 2.75) is 31.8 Å². The molecule has 0 unspecified atom stereocenters. The number of rotatable bonds is 5. The lowest BCUT2D eigenvalue weighted by atomic mass is 10.1. The Morgan fingerprint density at radius 2 is 2.30 bits per heavy atom. The molecule has 0 aliphatic heterocycles. The summed E-state index contributed by atoms with van der Waals surface area (Å²) in [5.74, 6) is 0. The van der Waals surface area contributed by atoms with E-state index in [0.717, 1.165) is 18.4 Å². The molecule has 2 rings (SSSR count). The highest BCUT2D eigenvalue weighted by atomic mass is 35.5. The van der Waals surface area contributed by atoms with Crippen molar-refractivity contribution in [3.05, 3.63) is 28.8 Å². The van der Waals surface area contributed by atoms with E-state index in [1.54, 1.807) is 18.2 Å². The highest BCUT2D eigenvalue weighted by Crippen LogP contribution is 2.42. The zero-order valence-electron chi connectivity index (χ0n) is 11.2. The van der Waals surface area contributed by atoms with Gasteiger partial charge in [-0.3, -0.25) is 10.2 Å². The maximum absolute atomic E-state index is 10.8. The van der Waals surface area contributed by atoms with E-state index in [9.17, 15) is 4.79 Å². The van der Waals surface area contributed by atoms with Crippen LogP contribution in [-0.2, 0) is 6.54 Å². The lowest BCUT2D eigenvalue weighted by Crippen LogP contribution is -2.35. The van der Waals surface area contributed by atoms with Crippen LogP contribution in [0.3, 0.4) is 0 Å². The third kappa shape index (κ3) is 3.41. The van der Waals surface area contributed by atoms with Gasteiger partial charge in [0.25, 0.3) is 0 Å². The first-order chi connectivity index (χ1) is 9.44. The van der Waals surface area contributed by atoms with Crippen molar-refractivity contribution in [2.24, 2.45) is 0 Å². The molecule has 1 saturated carbocycles. The number of nitrogens with one attached hydrogen (secondary N) is 1. The number of nitrogens with zero attached hydrogens (tertiary/aromatic N) is 2. The normalized spacial score (nSPS) is 15.7. The summed E-state index contributed by atoms with van der Waals surface area (Å²) in [6.07, 6.45) is 0.992. The molecule has 0 saturated heterocycles. The highest BCUT2D eigenvalue weighted by Gasteiger charge is 2.43. The van der Waals surface area contributed by atoms with Crippen molar-refractivity contribution in [3.63, 3.8) is 0 Å². The number of hydrogen-bond acceptors (Lipinski definition) is 3. The Kier molecular flexibility index (Phi) is 4.17. The molecule has 0 radical (unpaired) electrons. The minimum absolute atomic E-state index is 0.0402. The molecule has 0 bridgehead atoms. The first-order valence-corrected chi connectivity index (χ1v) is 6.73. The average molecular weight is 294 g/mol. The van der Waals surface area contributed by atoms with Crippen LogP contribution in [0.15, 0.2) is 18.2 Å². The number of hydrogen-bond donors (Lipinski definition) is 2. The molecule has 0 heterocycles. The number of carbonyl (C=O) groups is 1. The van der Waals surface area contributed by atoms with E-state index in [0.29, 0.717) is 23.8 Å². The van der Waals surface area contributed by atoms with Crippen molar-refractivity contribution < 1.29 is 9.90 Å². The molecule has 0 aromatic heterocycles. The molecule has 5 nitrogen and oxygen atoms in total. The van der Waals surface area contributed by atoms with Crippen LogP contribution in [-0.4, -0.2) is 28.2 Å². The zero-order chi connectivity index (χ0) is 14.8. The van der Waals surface area contributed by atoms with Gasteiger partial charge in [-0.2, -0.15) is 5.26 Å². The second-order valence-corrected chi connectivity index (χ2v) is 5.68. The van der Waals surface area contributed by atoms with Gasteiger partial charge in [-0.15, -0.1) is 0 Å². The summed E-state index contributed by atoms with van der Waals surface area (Å²) < 4.78 is 0. The van der Waals surface area contributed by atoms with Gasteiger partial charge in [-0.25, -0.2) is 4.79 Å². The Labute approximate surface area is 122 Å². The molecule has 1 aromatic rings. The largest absolute Gasteiger partial charge is 0.465 e. The van der Waals surface area contributed by atoms with E-state index in [4.69, 9.17) is 22.0 Å². The highest BCUT2D eigenvalue weighted by molar-refractivity contribution is 6.30. The van der Waals surface area contributed by atoms with Gasteiger partial charge in [0, 0.05) is 22.8 Å². The summed E-state index contributed by atoms with van der Waals surface area (Å²) in [5.41, 5.74) is 1.33. The molecule has 1 amide bonds. The molecule has 6 heteroatoms. The molecular formula is C14H16ClN3O2. The Morgan fingerprint density at radius 1 is 1.60 bits per heavy atom. The number of nitriles is 1. The third-order valence-corrected chi connectivity index (χ3v) is 3.90. The van der Waals surface area contributed by atoms with Crippen LogP contribution >= 0.6 is 11.6 Å². The van der Waals surface area contributed by atoms with Crippen LogP contribution in [0.25, 0.3) is 0 Å². The molecule has 1 aromatic carbocycles. The molecule has 1 aliphatic rings. The van der Waals surface area contributed by atoms with Crippen LogP contribution in [0.2, 0.25) is 5.02 Å². The average Bonchev–Trinajstić information content (AvgIpc) is 3.11. The van der Waals surface area contributed by atoms with Crippen molar-refractivity contribution in [1.29, 1.82) is 5.26 Å². The summed E-state index contributed by atoms with van der Waals surface area (Å²) in [6.45, 7) is 2.93. The second-order valence-electron chi connectivity index (χ2n) is 5.24. The van der Waals surface area contributed by atoms with Crippen LogP contribution in [0.4, 0.5) is 10.5 Å². The van der Waals surface area contributed by atoms with Crippen molar-refractivity contribution in [3.8, 4) is 6.07 Å². The van der Waals surface area contributed by atoms with Crippen LogP contribution < -0.4 is 5.32 Å². The number of carboxylic acid groups (broad SMARTS) is 1. The lowest BCUT2D eigenvalue weighted by Gasteiger charge is -2.27. The van der Waals surface area contributed by atoms with E-state index in [2.05, 4.69) is 23.2 Å². The summed E-state index contributed by atoms with van der Waals surface area (Å²) in [7, 11) is 0. The van der Waals surface area contributed by atoms with Gasteiger partial charge in [-0.1, -0.05) is 11.6 Å². The van der Waals surface area contributed by atoms with Gasteiger partial charge in [0.15, 0.2) is 0 Å². The fraction of sp³-hybridized carbons (Fsp3) is 0.429. The summed E-state index contributed by atoms with van der Waals surface area (Å²) in [6, 6.07) is 7.19. The van der Waals surface area contributed by atoms with Gasteiger partial charge in [-0.05, 0) is 43.5 Å². The van der Waals surface area contributed by atoms with E-state index < -0.39 is 6.09 Å². The van der Waals surface area contributed by atoms with E-state index in [-0.39, 0.29) is 5.54 Å². The van der Waals surface area contributed by atoms with Crippen LogP contribution in [0.1, 0.15) is 25.3 Å². The van der Waals surface area contributed by atoms with Gasteiger partial charge >= 0.3 is 6.09 Å². The van der Waals surface area contributed by atoms with Crippen molar-refractivity contribution in [1.82, 2.24) is 4.90 Å². The summed E-state index contributed by atoms with van der Waals surface area (Å²) in [5, 5.41) is 20.7. The molecule has 106 valence electrons. The Bertz CT molecular complexity index is 564. The van der Waals surface area contributed by atoms with Crippen LogP contribution in [0, 0.1) is 11.3 Å². The maximum Gasteiger partial charge on any atom is 0.409 e. The molecule has 0 spiro atoms. The number of anilines is 1. The summed E-state index contributed by atoms with van der Waals surface area (Å²) in [4.78, 5) is 12.9. The maximum atomic E-state index is 10.8. The predicted octanol–water partition coefficient (Wildman–Crippen LogP) is 3.31. The Hall–Kier alpha value is -1.77. The quantitative estimate of drug-likeness (QED) is 0.817. The topological polar surface area (TPSA) is 76.4 Å². The molecule has 2 N–H and O–H groups in total. The van der Waals surface area contributed by atoms with Gasteiger partial charge in [0.2, 0.25) is 0 Å².